The van der Waals surface area contributed by atoms with Gasteiger partial charge < -0.3 is 9.13 Å². The highest BCUT2D eigenvalue weighted by molar-refractivity contribution is 7.85. The van der Waals surface area contributed by atoms with E-state index in [0.29, 0.717) is 0 Å². The Labute approximate surface area is 442 Å². The molecule has 0 aliphatic heterocycles. The molecule has 0 aliphatic rings. The first kappa shape index (κ1) is 45.7. The highest BCUT2D eigenvalue weighted by Gasteiger charge is 2.32. The third-order valence-corrected chi connectivity index (χ3v) is 21.7. The van der Waals surface area contributed by atoms with Gasteiger partial charge in [-0.25, -0.2) is 0 Å². The summed E-state index contributed by atoms with van der Waals surface area (Å²) in [5, 5.41) is 18.4. The first-order valence-corrected chi connectivity index (χ1v) is 29.3. The van der Waals surface area contributed by atoms with Gasteiger partial charge in [0.25, 0.3) is 0 Å². The van der Waals surface area contributed by atoms with E-state index in [9.17, 15) is 0 Å². The fourth-order valence-electron chi connectivity index (χ4n) is 11.8. The molecule has 0 saturated heterocycles. The Bertz CT molecular complexity index is 4510. The molecule has 0 spiro atoms. The lowest BCUT2D eigenvalue weighted by Crippen LogP contribution is -2.25. The van der Waals surface area contributed by atoms with Crippen LogP contribution in [0.1, 0.15) is 0 Å². The van der Waals surface area contributed by atoms with Crippen LogP contribution in [0.15, 0.2) is 291 Å². The van der Waals surface area contributed by atoms with Crippen molar-refractivity contribution in [3.63, 3.8) is 0 Å². The molecule has 2 nitrogen and oxygen atoms in total. The average Bonchev–Trinajstić information content (AvgIpc) is 3.63. The van der Waals surface area contributed by atoms with Crippen LogP contribution in [-0.4, -0.2) is 0 Å². The molecule has 14 rings (SSSR count). The minimum Gasteiger partial charge on any atom is -0.309 e. The van der Waals surface area contributed by atoms with Gasteiger partial charge in [-0.1, -0.05) is 273 Å². The van der Waals surface area contributed by atoms with Gasteiger partial charge in [-0.2, -0.15) is 0 Å². The Kier molecular flexibility index (Phi) is 11.1. The number of fused-ring (bicyclic) bond motifs is 12. The van der Waals surface area contributed by atoms with Crippen molar-refractivity contribution in [3.8, 4) is 33.4 Å². The van der Waals surface area contributed by atoms with Crippen LogP contribution < -0.4 is 31.8 Å². The highest BCUT2D eigenvalue weighted by Crippen LogP contribution is 2.47. The summed E-state index contributed by atoms with van der Waals surface area (Å²) >= 11 is 0. The standard InChI is InChI=1S/C72H48O2P2/c73-75(55-20-8-3-9-21-55,59-41-44-68-63-24-11-10-22-61(63)62-23-12-13-25-64(62)71(68)47-59)56-39-32-53(33-40-56)54-34-43-67-69-45-42-60(48-72(69)66-27-15-14-26-65(66)70(67)46-54)76(74,57-35-28-51(29-36-57)49-16-4-1-5-17-49)58-37-30-52(31-38-58)50-18-6-2-7-19-50/h1-48H. The molecule has 4 heteroatoms. The third-order valence-electron chi connectivity index (χ3n) is 15.6. The van der Waals surface area contributed by atoms with Crippen molar-refractivity contribution in [2.24, 2.45) is 0 Å². The highest BCUT2D eigenvalue weighted by atomic mass is 31.2. The Morgan fingerprint density at radius 3 is 0.750 bits per heavy atom. The van der Waals surface area contributed by atoms with Gasteiger partial charge in [0.05, 0.1) is 0 Å². The summed E-state index contributed by atoms with van der Waals surface area (Å²) in [4.78, 5) is 0. The van der Waals surface area contributed by atoms with Crippen molar-refractivity contribution in [1.82, 2.24) is 0 Å². The first-order chi connectivity index (χ1) is 37.4. The Balaban J connectivity index is 0.871. The summed E-state index contributed by atoms with van der Waals surface area (Å²) < 4.78 is 32.4. The van der Waals surface area contributed by atoms with Gasteiger partial charge in [-0.05, 0) is 116 Å². The molecule has 76 heavy (non-hydrogen) atoms. The topological polar surface area (TPSA) is 34.1 Å². The van der Waals surface area contributed by atoms with Gasteiger partial charge >= 0.3 is 0 Å². The molecule has 0 aromatic heterocycles. The van der Waals surface area contributed by atoms with Crippen LogP contribution in [0.2, 0.25) is 0 Å². The van der Waals surface area contributed by atoms with Crippen molar-refractivity contribution in [2.75, 3.05) is 0 Å². The summed E-state index contributed by atoms with van der Waals surface area (Å²) in [7, 11) is -6.73. The SMILES string of the molecule is O=P(c1ccccc1)(c1ccc(-c2ccc3c4ccc(P(=O)(c5ccc(-c6ccccc6)cc5)c5ccc(-c6ccccc6)cc5)cc4c4ccccc4c3c2)cc1)c1ccc2c3ccccc3c3ccccc3c2c1. The van der Waals surface area contributed by atoms with E-state index in [4.69, 9.17) is 0 Å². The average molecular weight is 1010 g/mol. The van der Waals surface area contributed by atoms with Crippen LogP contribution in [0.3, 0.4) is 0 Å². The zero-order valence-corrected chi connectivity index (χ0v) is 43.2. The molecule has 1 unspecified atom stereocenters. The molecule has 0 heterocycles. The van der Waals surface area contributed by atoms with E-state index in [2.05, 4.69) is 224 Å². The third kappa shape index (κ3) is 7.48. The van der Waals surface area contributed by atoms with E-state index in [-0.39, 0.29) is 0 Å². The molecule has 0 radical (unpaired) electrons. The lowest BCUT2D eigenvalue weighted by Gasteiger charge is -2.22. The van der Waals surface area contributed by atoms with Gasteiger partial charge in [0.1, 0.15) is 0 Å². The van der Waals surface area contributed by atoms with Crippen LogP contribution in [0.5, 0.6) is 0 Å². The van der Waals surface area contributed by atoms with E-state index >= 15 is 9.13 Å². The van der Waals surface area contributed by atoms with Crippen molar-refractivity contribution in [1.29, 1.82) is 0 Å². The fraction of sp³-hybridized carbons (Fsp3) is 0. The Morgan fingerprint density at radius 2 is 0.382 bits per heavy atom. The molecule has 0 N–H and O–H groups in total. The van der Waals surface area contributed by atoms with E-state index < -0.39 is 14.3 Å². The molecule has 0 bridgehead atoms. The van der Waals surface area contributed by atoms with Crippen molar-refractivity contribution in [3.05, 3.63) is 291 Å². The minimum atomic E-state index is -3.40. The summed E-state index contributed by atoms with van der Waals surface area (Å²) in [6.07, 6.45) is 0. The number of hydrogen-bond donors (Lipinski definition) is 0. The molecule has 1 atom stereocenters. The van der Waals surface area contributed by atoms with Gasteiger partial charge in [0.15, 0.2) is 14.3 Å². The summed E-state index contributed by atoms with van der Waals surface area (Å²) in [6, 6.07) is 101. The van der Waals surface area contributed by atoms with Crippen LogP contribution >= 0.6 is 14.3 Å². The van der Waals surface area contributed by atoms with Gasteiger partial charge in [-0.15, -0.1) is 0 Å². The molecule has 358 valence electrons. The van der Waals surface area contributed by atoms with Crippen molar-refractivity contribution in [2.45, 2.75) is 0 Å². The predicted molar refractivity (Wildman–Crippen MR) is 327 cm³/mol. The largest absolute Gasteiger partial charge is 0.309 e. The second kappa shape index (κ2) is 18.5. The molecule has 0 fully saturated rings. The van der Waals surface area contributed by atoms with E-state index in [1.807, 2.05) is 66.7 Å². The van der Waals surface area contributed by atoms with E-state index in [1.165, 1.54) is 16.2 Å². The maximum Gasteiger partial charge on any atom is 0.171 e. The lowest BCUT2D eigenvalue weighted by atomic mass is 9.92. The zero-order valence-electron chi connectivity index (χ0n) is 41.4. The van der Waals surface area contributed by atoms with Crippen molar-refractivity contribution >= 4 is 111 Å². The van der Waals surface area contributed by atoms with Crippen molar-refractivity contribution < 1.29 is 9.13 Å². The smallest absolute Gasteiger partial charge is 0.171 e. The van der Waals surface area contributed by atoms with Gasteiger partial charge in [0, 0.05) is 31.8 Å². The Morgan fingerprint density at radius 1 is 0.158 bits per heavy atom. The van der Waals surface area contributed by atoms with Gasteiger partial charge in [0.2, 0.25) is 0 Å². The van der Waals surface area contributed by atoms with E-state index in [0.717, 1.165) is 114 Å². The molecule has 0 aliphatic carbocycles. The minimum absolute atomic E-state index is 0.788. The second-order valence-corrected chi connectivity index (χ2v) is 25.3. The Hall–Kier alpha value is -8.90. The second-order valence-electron chi connectivity index (χ2n) is 19.8. The van der Waals surface area contributed by atoms with Gasteiger partial charge in [-0.3, -0.25) is 0 Å². The molecule has 14 aromatic rings. The maximum atomic E-state index is 16.3. The zero-order chi connectivity index (χ0) is 50.8. The summed E-state index contributed by atoms with van der Waals surface area (Å²) in [5.41, 5.74) is 6.51. The number of rotatable bonds is 9. The molecule has 14 aromatic carbocycles. The predicted octanol–water partition coefficient (Wildman–Crippen LogP) is 16.9. The summed E-state index contributed by atoms with van der Waals surface area (Å²) in [5.74, 6) is 0. The van der Waals surface area contributed by atoms with Crippen LogP contribution in [0, 0.1) is 0 Å². The van der Waals surface area contributed by atoms with Crippen LogP contribution in [-0.2, 0) is 9.13 Å². The number of hydrogen-bond acceptors (Lipinski definition) is 2. The molecular weight excluding hydrogens is 959 g/mol. The molecular formula is C72H48O2P2. The van der Waals surface area contributed by atoms with E-state index in [1.54, 1.807) is 0 Å². The summed E-state index contributed by atoms with van der Waals surface area (Å²) in [6.45, 7) is 0. The maximum absolute atomic E-state index is 16.3. The molecule has 0 saturated carbocycles. The van der Waals surface area contributed by atoms with Crippen LogP contribution in [0.25, 0.3) is 98.0 Å². The lowest BCUT2D eigenvalue weighted by molar-refractivity contribution is 0.591. The fourth-order valence-corrected chi connectivity index (χ4v) is 17.1. The normalized spacial score (nSPS) is 12.7. The number of benzene rings is 14. The first-order valence-electron chi connectivity index (χ1n) is 25.8. The van der Waals surface area contributed by atoms with Crippen LogP contribution in [0.4, 0.5) is 0 Å². The quantitative estimate of drug-likeness (QED) is 0.107. The molecule has 0 amide bonds. The monoisotopic (exact) mass is 1010 g/mol.